The van der Waals surface area contributed by atoms with Gasteiger partial charge in [0.1, 0.15) is 12.0 Å². The largest absolute Gasteiger partial charge is 0.469 e. The summed E-state index contributed by atoms with van der Waals surface area (Å²) in [7, 11) is 1.30. The maximum Gasteiger partial charge on any atom is 0.311 e. The molecule has 5 heteroatoms. The molecule has 0 bridgehead atoms. The predicted molar refractivity (Wildman–Crippen MR) is 118 cm³/mol. The van der Waals surface area contributed by atoms with Gasteiger partial charge in [0.15, 0.2) is 0 Å². The van der Waals surface area contributed by atoms with Gasteiger partial charge in [0.2, 0.25) is 5.79 Å². The average molecular weight is 421 g/mol. The zero-order chi connectivity index (χ0) is 21.9. The minimum Gasteiger partial charge on any atom is -0.469 e. The molecule has 1 aromatic rings. The number of ether oxygens (including phenoxy) is 1. The van der Waals surface area contributed by atoms with Crippen molar-refractivity contribution in [2.75, 3.05) is 7.11 Å². The maximum absolute atomic E-state index is 11.4. The predicted octanol–water partition coefficient (Wildman–Crippen LogP) is 5.74. The van der Waals surface area contributed by atoms with Crippen molar-refractivity contribution in [1.82, 2.24) is 0 Å². The molecule has 3 atom stereocenters. The van der Waals surface area contributed by atoms with E-state index >= 15 is 0 Å². The van der Waals surface area contributed by atoms with Gasteiger partial charge in [-0.15, -0.1) is 0 Å². The summed E-state index contributed by atoms with van der Waals surface area (Å²) in [4.78, 5) is 22.2. The van der Waals surface area contributed by atoms with Gasteiger partial charge < -0.3 is 9.84 Å². The molecule has 0 aliphatic carbocycles. The van der Waals surface area contributed by atoms with E-state index < -0.39 is 17.4 Å². The van der Waals surface area contributed by atoms with E-state index in [-0.39, 0.29) is 6.42 Å². The third-order valence-electron chi connectivity index (χ3n) is 6.13. The second-order valence-electron chi connectivity index (χ2n) is 9.27. The van der Waals surface area contributed by atoms with Crippen LogP contribution in [0, 0.1) is 5.92 Å². The fourth-order valence-corrected chi connectivity index (χ4v) is 4.29. The fraction of sp³-hybridized carbons (Fsp3) is 0.720. The van der Waals surface area contributed by atoms with Gasteiger partial charge in [0.25, 0.3) is 0 Å². The molecule has 0 amide bonds. The number of hydrogen-bond acceptors (Lipinski definition) is 5. The number of unbranched alkanes of at least 4 members (excludes halogenated alkanes) is 5. The van der Waals surface area contributed by atoms with E-state index in [4.69, 9.17) is 9.78 Å². The Morgan fingerprint density at radius 1 is 1.07 bits per heavy atom. The van der Waals surface area contributed by atoms with E-state index in [1.165, 1.54) is 64.0 Å². The molecule has 0 spiro atoms. The van der Waals surface area contributed by atoms with Gasteiger partial charge in [-0.3, -0.25) is 4.79 Å². The Bertz CT molecular complexity index is 607. The smallest absolute Gasteiger partial charge is 0.311 e. The van der Waals surface area contributed by atoms with E-state index in [1.54, 1.807) is 0 Å². The molecule has 170 valence electrons. The average Bonchev–Trinajstić information content (AvgIpc) is 2.73. The Hall–Kier alpha value is -1.43. The summed E-state index contributed by atoms with van der Waals surface area (Å²) in [5, 5.41) is 10.3. The summed E-state index contributed by atoms with van der Waals surface area (Å²) >= 11 is 0. The second kappa shape index (κ2) is 12.4. The number of carbonyl (C=O) groups is 1. The lowest BCUT2D eigenvalue weighted by Gasteiger charge is -2.41. The SMILES string of the molecule is COC(=O)C[C@@]1(O)CC[C@](C)(CC(C)CCCCCCCCc2ccccc2)OO1. The summed E-state index contributed by atoms with van der Waals surface area (Å²) in [6.07, 6.45) is 11.8. The molecule has 1 heterocycles. The van der Waals surface area contributed by atoms with Gasteiger partial charge >= 0.3 is 5.97 Å². The van der Waals surface area contributed by atoms with Gasteiger partial charge in [0, 0.05) is 6.42 Å². The first-order chi connectivity index (χ1) is 14.3. The highest BCUT2D eigenvalue weighted by molar-refractivity contribution is 5.70. The van der Waals surface area contributed by atoms with Crippen molar-refractivity contribution >= 4 is 5.97 Å². The van der Waals surface area contributed by atoms with Gasteiger partial charge in [-0.25, -0.2) is 9.78 Å². The van der Waals surface area contributed by atoms with Crippen LogP contribution in [0.15, 0.2) is 30.3 Å². The monoisotopic (exact) mass is 420 g/mol. The standard InChI is InChI=1S/C25H40O5/c1-21(13-9-6-4-5-7-10-14-22-15-11-8-12-16-22)19-24(2)17-18-25(27,30-29-24)20-23(26)28-3/h8,11-12,15-16,21,27H,4-7,9-10,13-14,17-20H2,1-3H3/t21?,24-,25-/m1/s1. The first-order valence-electron chi connectivity index (χ1n) is 11.5. The molecule has 0 radical (unpaired) electrons. The molecular weight excluding hydrogens is 380 g/mol. The molecule has 1 saturated heterocycles. The zero-order valence-electron chi connectivity index (χ0n) is 19.0. The summed E-state index contributed by atoms with van der Waals surface area (Å²) in [5.74, 6) is -1.54. The van der Waals surface area contributed by atoms with Crippen molar-refractivity contribution in [3.8, 4) is 0 Å². The molecular formula is C25H40O5. The number of carbonyl (C=O) groups excluding carboxylic acids is 1. The number of rotatable bonds is 13. The second-order valence-corrected chi connectivity index (χ2v) is 9.27. The quantitative estimate of drug-likeness (QED) is 0.250. The summed E-state index contributed by atoms with van der Waals surface area (Å²) in [6.45, 7) is 4.28. The van der Waals surface area contributed by atoms with E-state index in [2.05, 4.69) is 42.0 Å². The summed E-state index contributed by atoms with van der Waals surface area (Å²) in [5.41, 5.74) is 1.02. The minimum absolute atomic E-state index is 0.208. The van der Waals surface area contributed by atoms with Crippen molar-refractivity contribution in [1.29, 1.82) is 0 Å². The third-order valence-corrected chi connectivity index (χ3v) is 6.13. The van der Waals surface area contributed by atoms with Gasteiger partial charge in [-0.05, 0) is 44.1 Å². The van der Waals surface area contributed by atoms with Crippen molar-refractivity contribution in [3.05, 3.63) is 35.9 Å². The highest BCUT2D eigenvalue weighted by atomic mass is 17.2. The molecule has 0 saturated carbocycles. The molecule has 0 aromatic heterocycles. The van der Waals surface area contributed by atoms with Crippen molar-refractivity contribution in [2.45, 2.75) is 102 Å². The van der Waals surface area contributed by atoms with E-state index in [9.17, 15) is 9.90 Å². The van der Waals surface area contributed by atoms with Crippen LogP contribution >= 0.6 is 0 Å². The lowest BCUT2D eigenvalue weighted by molar-refractivity contribution is -0.483. The number of aliphatic hydroxyl groups is 1. The number of aryl methyl sites for hydroxylation is 1. The normalized spacial score (nSPS) is 25.1. The van der Waals surface area contributed by atoms with Crippen LogP contribution in [0.4, 0.5) is 0 Å². The first-order valence-corrected chi connectivity index (χ1v) is 11.5. The van der Waals surface area contributed by atoms with E-state index in [1.807, 2.05) is 6.92 Å². The Morgan fingerprint density at radius 3 is 2.37 bits per heavy atom. The molecule has 5 nitrogen and oxygen atoms in total. The van der Waals surface area contributed by atoms with Gasteiger partial charge in [-0.2, -0.15) is 0 Å². The van der Waals surface area contributed by atoms with Crippen LogP contribution in [-0.4, -0.2) is 29.6 Å². The van der Waals surface area contributed by atoms with E-state index in [0.29, 0.717) is 18.8 Å². The number of methoxy groups -OCH3 is 1. The van der Waals surface area contributed by atoms with Gasteiger partial charge in [0.05, 0.1) is 7.11 Å². The molecule has 1 fully saturated rings. The van der Waals surface area contributed by atoms with Crippen LogP contribution in [0.3, 0.4) is 0 Å². The summed E-state index contributed by atoms with van der Waals surface area (Å²) in [6, 6.07) is 10.7. The highest BCUT2D eigenvalue weighted by Gasteiger charge is 2.44. The van der Waals surface area contributed by atoms with Crippen LogP contribution in [0.1, 0.15) is 90.0 Å². The van der Waals surface area contributed by atoms with Crippen LogP contribution in [0.5, 0.6) is 0 Å². The highest BCUT2D eigenvalue weighted by Crippen LogP contribution is 2.38. The Morgan fingerprint density at radius 2 is 1.73 bits per heavy atom. The van der Waals surface area contributed by atoms with Crippen molar-refractivity contribution < 1.29 is 24.4 Å². The first kappa shape index (κ1) is 24.8. The Labute approximate surface area is 182 Å². The molecule has 30 heavy (non-hydrogen) atoms. The molecule has 1 N–H and O–H groups in total. The minimum atomic E-state index is -1.57. The van der Waals surface area contributed by atoms with Crippen molar-refractivity contribution in [2.24, 2.45) is 5.92 Å². The lowest BCUT2D eigenvalue weighted by Crippen LogP contribution is -2.47. The molecule has 1 aliphatic rings. The molecule has 2 rings (SSSR count). The number of esters is 1. The Balaban J connectivity index is 1.52. The maximum atomic E-state index is 11.4. The van der Waals surface area contributed by atoms with Gasteiger partial charge in [-0.1, -0.05) is 75.8 Å². The molecule has 1 aromatic carbocycles. The molecule has 1 unspecified atom stereocenters. The van der Waals surface area contributed by atoms with Crippen molar-refractivity contribution in [3.63, 3.8) is 0 Å². The van der Waals surface area contributed by atoms with Crippen LogP contribution in [-0.2, 0) is 25.7 Å². The Kier molecular flexibility index (Phi) is 10.3. The van der Waals surface area contributed by atoms with E-state index in [0.717, 1.165) is 6.42 Å². The van der Waals surface area contributed by atoms with Crippen LogP contribution < -0.4 is 0 Å². The zero-order valence-corrected chi connectivity index (χ0v) is 19.0. The number of benzene rings is 1. The lowest BCUT2D eigenvalue weighted by atomic mass is 9.84. The number of hydrogen-bond donors (Lipinski definition) is 1. The third kappa shape index (κ3) is 9.15. The topological polar surface area (TPSA) is 65.0 Å². The van der Waals surface area contributed by atoms with Crippen LogP contribution in [0.25, 0.3) is 0 Å². The fourth-order valence-electron chi connectivity index (χ4n) is 4.29. The van der Waals surface area contributed by atoms with Crippen LogP contribution in [0.2, 0.25) is 0 Å². The molecule has 1 aliphatic heterocycles. The summed E-state index contributed by atoms with van der Waals surface area (Å²) < 4.78 is 4.61.